The molecule has 1 rings (SSSR count). The molecule has 3 N–H and O–H groups in total. The third-order valence-corrected chi connectivity index (χ3v) is 2.46. The van der Waals surface area contributed by atoms with Crippen molar-refractivity contribution in [3.05, 3.63) is 24.0 Å². The smallest absolute Gasteiger partial charge is 0.356 e. The number of amides is 2. The lowest BCUT2D eigenvalue weighted by atomic mass is 10.2. The average Bonchev–Trinajstić information content (AvgIpc) is 2.42. The quantitative estimate of drug-likeness (QED) is 0.636. The van der Waals surface area contributed by atoms with Gasteiger partial charge in [0.1, 0.15) is 0 Å². The van der Waals surface area contributed by atoms with E-state index in [2.05, 4.69) is 29.5 Å². The second kappa shape index (κ2) is 8.91. The van der Waals surface area contributed by atoms with Crippen molar-refractivity contribution in [2.24, 2.45) is 5.92 Å². The first kappa shape index (κ1) is 16.9. The summed E-state index contributed by atoms with van der Waals surface area (Å²) >= 11 is 0. The summed E-state index contributed by atoms with van der Waals surface area (Å²) in [6, 6.07) is 2.58. The van der Waals surface area contributed by atoms with Gasteiger partial charge >= 0.3 is 12.0 Å². The van der Waals surface area contributed by atoms with Gasteiger partial charge in [0.15, 0.2) is 5.69 Å². The van der Waals surface area contributed by atoms with Crippen molar-refractivity contribution < 1.29 is 19.4 Å². The van der Waals surface area contributed by atoms with Gasteiger partial charge in [0.2, 0.25) is 0 Å². The highest BCUT2D eigenvalue weighted by Crippen LogP contribution is 2.11. The van der Waals surface area contributed by atoms with Crippen molar-refractivity contribution in [2.75, 3.05) is 25.1 Å². The SMILES string of the molecule is CC(C)COCCCNC(=O)Nc1cccnc1C(=O)O. The molecule has 1 aromatic rings. The molecule has 0 saturated carbocycles. The first-order chi connectivity index (χ1) is 10.0. The van der Waals surface area contributed by atoms with Gasteiger partial charge in [0.25, 0.3) is 0 Å². The number of carboxylic acid groups (broad SMARTS) is 1. The van der Waals surface area contributed by atoms with Crippen molar-refractivity contribution >= 4 is 17.7 Å². The summed E-state index contributed by atoms with van der Waals surface area (Å²) < 4.78 is 5.39. The Labute approximate surface area is 123 Å². The first-order valence-electron chi connectivity index (χ1n) is 6.81. The van der Waals surface area contributed by atoms with E-state index in [4.69, 9.17) is 9.84 Å². The van der Waals surface area contributed by atoms with Crippen LogP contribution in [0.4, 0.5) is 10.5 Å². The van der Waals surface area contributed by atoms with Crippen LogP contribution in [0.3, 0.4) is 0 Å². The standard InChI is InChI=1S/C14H21N3O4/c1-10(2)9-21-8-4-7-16-14(20)17-11-5-3-6-15-12(11)13(18)19/h3,5-6,10H,4,7-9H2,1-2H3,(H,18,19)(H2,16,17,20). The van der Waals surface area contributed by atoms with Crippen molar-refractivity contribution in [1.29, 1.82) is 0 Å². The second-order valence-electron chi connectivity index (χ2n) is 4.91. The van der Waals surface area contributed by atoms with Gasteiger partial charge in [-0.15, -0.1) is 0 Å². The summed E-state index contributed by atoms with van der Waals surface area (Å²) in [5, 5.41) is 14.0. The summed E-state index contributed by atoms with van der Waals surface area (Å²) in [6.45, 7) is 5.86. The van der Waals surface area contributed by atoms with E-state index in [1.165, 1.54) is 12.3 Å². The van der Waals surface area contributed by atoms with Gasteiger partial charge in [-0.2, -0.15) is 0 Å². The van der Waals surface area contributed by atoms with Crippen LogP contribution in [0.25, 0.3) is 0 Å². The summed E-state index contributed by atoms with van der Waals surface area (Å²) in [5.74, 6) is -0.700. The number of nitrogens with one attached hydrogen (secondary N) is 2. The Hall–Kier alpha value is -2.15. The van der Waals surface area contributed by atoms with E-state index < -0.39 is 12.0 Å². The molecular weight excluding hydrogens is 274 g/mol. The van der Waals surface area contributed by atoms with Crippen molar-refractivity contribution in [3.63, 3.8) is 0 Å². The molecule has 7 nitrogen and oxygen atoms in total. The zero-order valence-electron chi connectivity index (χ0n) is 12.3. The normalized spacial score (nSPS) is 10.4. The van der Waals surface area contributed by atoms with Crippen LogP contribution in [0.5, 0.6) is 0 Å². The number of nitrogens with zero attached hydrogens (tertiary/aromatic N) is 1. The molecule has 21 heavy (non-hydrogen) atoms. The van der Waals surface area contributed by atoms with E-state index in [-0.39, 0.29) is 11.4 Å². The molecule has 116 valence electrons. The van der Waals surface area contributed by atoms with E-state index in [1.807, 2.05) is 0 Å². The average molecular weight is 295 g/mol. The van der Waals surface area contributed by atoms with Crippen LogP contribution in [-0.4, -0.2) is 41.8 Å². The minimum atomic E-state index is -1.19. The zero-order valence-corrected chi connectivity index (χ0v) is 12.3. The van der Waals surface area contributed by atoms with Crippen molar-refractivity contribution in [2.45, 2.75) is 20.3 Å². The molecule has 0 aromatic carbocycles. The monoisotopic (exact) mass is 295 g/mol. The topological polar surface area (TPSA) is 101 Å². The number of aromatic carboxylic acids is 1. The molecule has 0 spiro atoms. The number of ether oxygens (including phenoxy) is 1. The minimum absolute atomic E-state index is 0.165. The molecule has 1 heterocycles. The number of carbonyl (C=O) groups excluding carboxylic acids is 1. The Morgan fingerprint density at radius 1 is 1.43 bits per heavy atom. The Balaban J connectivity index is 2.30. The third kappa shape index (κ3) is 6.71. The van der Waals surface area contributed by atoms with Crippen LogP contribution < -0.4 is 10.6 Å². The Morgan fingerprint density at radius 2 is 2.19 bits per heavy atom. The van der Waals surface area contributed by atoms with Gasteiger partial charge < -0.3 is 20.5 Å². The summed E-state index contributed by atoms with van der Waals surface area (Å²) in [4.78, 5) is 26.3. The highest BCUT2D eigenvalue weighted by molar-refractivity contribution is 5.98. The molecule has 0 unspecified atom stereocenters. The maximum Gasteiger partial charge on any atom is 0.356 e. The molecule has 0 fully saturated rings. The Morgan fingerprint density at radius 3 is 2.86 bits per heavy atom. The highest BCUT2D eigenvalue weighted by atomic mass is 16.5. The summed E-state index contributed by atoms with van der Waals surface area (Å²) in [6.07, 6.45) is 2.05. The van der Waals surface area contributed by atoms with Crippen LogP contribution in [0.2, 0.25) is 0 Å². The van der Waals surface area contributed by atoms with Gasteiger partial charge in [-0.1, -0.05) is 13.8 Å². The number of carboxylic acids is 1. The van der Waals surface area contributed by atoms with E-state index in [0.717, 1.165) is 0 Å². The number of anilines is 1. The number of pyridine rings is 1. The minimum Gasteiger partial charge on any atom is -0.476 e. The van der Waals surface area contributed by atoms with Gasteiger partial charge in [-0.05, 0) is 24.5 Å². The van der Waals surface area contributed by atoms with Crippen molar-refractivity contribution in [3.8, 4) is 0 Å². The molecule has 0 radical (unpaired) electrons. The van der Waals surface area contributed by atoms with Crippen LogP contribution >= 0.6 is 0 Å². The molecule has 0 atom stereocenters. The first-order valence-corrected chi connectivity index (χ1v) is 6.81. The molecule has 0 aliphatic carbocycles. The molecular formula is C14H21N3O4. The number of urea groups is 1. The molecule has 0 aliphatic rings. The predicted molar refractivity (Wildman–Crippen MR) is 78.5 cm³/mol. The third-order valence-electron chi connectivity index (χ3n) is 2.46. The number of hydrogen-bond donors (Lipinski definition) is 3. The lowest BCUT2D eigenvalue weighted by Gasteiger charge is -2.10. The van der Waals surface area contributed by atoms with E-state index >= 15 is 0 Å². The van der Waals surface area contributed by atoms with Crippen LogP contribution in [0.15, 0.2) is 18.3 Å². The maximum absolute atomic E-state index is 11.6. The Bertz CT molecular complexity index is 477. The maximum atomic E-state index is 11.6. The molecule has 7 heteroatoms. The Kier molecular flexibility index (Phi) is 7.17. The number of aromatic nitrogens is 1. The molecule has 0 bridgehead atoms. The molecule has 1 aromatic heterocycles. The van der Waals surface area contributed by atoms with E-state index in [0.29, 0.717) is 32.1 Å². The molecule has 0 aliphatic heterocycles. The van der Waals surface area contributed by atoms with Crippen molar-refractivity contribution in [1.82, 2.24) is 10.3 Å². The largest absolute Gasteiger partial charge is 0.476 e. The second-order valence-corrected chi connectivity index (χ2v) is 4.91. The van der Waals surface area contributed by atoms with E-state index in [1.54, 1.807) is 6.07 Å². The van der Waals surface area contributed by atoms with Gasteiger partial charge in [-0.3, -0.25) is 0 Å². The number of hydrogen-bond acceptors (Lipinski definition) is 4. The van der Waals surface area contributed by atoms with Crippen LogP contribution in [-0.2, 0) is 4.74 Å². The summed E-state index contributed by atoms with van der Waals surface area (Å²) in [7, 11) is 0. The van der Waals surface area contributed by atoms with Crippen LogP contribution in [0, 0.1) is 5.92 Å². The number of carbonyl (C=O) groups is 2. The van der Waals surface area contributed by atoms with E-state index in [9.17, 15) is 9.59 Å². The molecule has 0 saturated heterocycles. The number of rotatable bonds is 8. The van der Waals surface area contributed by atoms with Gasteiger partial charge in [0, 0.05) is 26.0 Å². The fourth-order valence-electron chi connectivity index (χ4n) is 1.54. The zero-order chi connectivity index (χ0) is 15.7. The fourth-order valence-corrected chi connectivity index (χ4v) is 1.54. The lowest BCUT2D eigenvalue weighted by Crippen LogP contribution is -2.30. The van der Waals surface area contributed by atoms with Crippen LogP contribution in [0.1, 0.15) is 30.8 Å². The molecule has 2 amide bonds. The fraction of sp³-hybridized carbons (Fsp3) is 0.500. The highest BCUT2D eigenvalue weighted by Gasteiger charge is 2.12. The summed E-state index contributed by atoms with van der Waals surface area (Å²) in [5.41, 5.74) is -0.0218. The predicted octanol–water partition coefficient (Wildman–Crippen LogP) is 1.96. The van der Waals surface area contributed by atoms with Gasteiger partial charge in [-0.25, -0.2) is 14.6 Å². The lowest BCUT2D eigenvalue weighted by molar-refractivity contribution is 0.0691. The van der Waals surface area contributed by atoms with Gasteiger partial charge in [0.05, 0.1) is 5.69 Å².